The number of halogens is 2. The third kappa shape index (κ3) is 4.10. The number of nitrogens with one attached hydrogen (secondary N) is 2. The number of carboxylic acids is 1. The molecule has 2 amide bonds. The summed E-state index contributed by atoms with van der Waals surface area (Å²) in [6, 6.07) is 2.68. The smallest absolute Gasteiger partial charge is 0.319 e. The van der Waals surface area contributed by atoms with Crippen molar-refractivity contribution < 1.29 is 19.1 Å². The van der Waals surface area contributed by atoms with E-state index in [0.717, 1.165) is 6.07 Å². The summed E-state index contributed by atoms with van der Waals surface area (Å²) in [5.74, 6) is -2.46. The Kier molecular flexibility index (Phi) is 5.11. The molecule has 0 bridgehead atoms. The quantitative estimate of drug-likeness (QED) is 0.797. The van der Waals surface area contributed by atoms with Crippen LogP contribution in [0.15, 0.2) is 18.2 Å². The summed E-state index contributed by atoms with van der Waals surface area (Å²) < 4.78 is 13.4. The highest BCUT2D eigenvalue weighted by atomic mass is 35.5. The van der Waals surface area contributed by atoms with Crippen molar-refractivity contribution in [2.24, 2.45) is 5.92 Å². The number of amides is 2. The van der Waals surface area contributed by atoms with Gasteiger partial charge in [0, 0.05) is 6.04 Å². The minimum atomic E-state index is -1.03. The molecule has 0 aliphatic rings. The van der Waals surface area contributed by atoms with Gasteiger partial charge in [-0.2, -0.15) is 0 Å². The summed E-state index contributed by atoms with van der Waals surface area (Å²) in [6.45, 7) is 3.00. The molecule has 2 unspecified atom stereocenters. The van der Waals surface area contributed by atoms with Crippen LogP contribution in [-0.2, 0) is 4.79 Å². The number of aliphatic carboxylic acids is 1. The van der Waals surface area contributed by atoms with E-state index in [1.54, 1.807) is 6.92 Å². The molecule has 0 saturated carbocycles. The minimum Gasteiger partial charge on any atom is -0.481 e. The van der Waals surface area contributed by atoms with Crippen LogP contribution in [0.25, 0.3) is 0 Å². The van der Waals surface area contributed by atoms with Gasteiger partial charge in [0.05, 0.1) is 16.6 Å². The van der Waals surface area contributed by atoms with Crippen LogP contribution in [0.1, 0.15) is 13.8 Å². The summed E-state index contributed by atoms with van der Waals surface area (Å²) in [4.78, 5) is 22.3. The monoisotopic (exact) mass is 288 g/mol. The fourth-order valence-electron chi connectivity index (χ4n) is 1.31. The molecule has 0 spiro atoms. The Morgan fingerprint density at radius 3 is 2.53 bits per heavy atom. The van der Waals surface area contributed by atoms with Gasteiger partial charge in [-0.15, -0.1) is 0 Å². The molecule has 5 nitrogen and oxygen atoms in total. The molecule has 7 heteroatoms. The highest BCUT2D eigenvalue weighted by molar-refractivity contribution is 6.33. The van der Waals surface area contributed by atoms with Crippen molar-refractivity contribution in [2.45, 2.75) is 19.9 Å². The number of hydrogen-bond acceptors (Lipinski definition) is 2. The zero-order chi connectivity index (χ0) is 14.6. The number of para-hydroxylation sites is 1. The molecule has 0 radical (unpaired) electrons. The summed E-state index contributed by atoms with van der Waals surface area (Å²) in [5, 5.41) is 13.5. The molecule has 0 heterocycles. The van der Waals surface area contributed by atoms with Crippen LogP contribution < -0.4 is 10.6 Å². The normalized spacial score (nSPS) is 13.5. The zero-order valence-corrected chi connectivity index (χ0v) is 11.2. The molecule has 19 heavy (non-hydrogen) atoms. The summed E-state index contributed by atoms with van der Waals surface area (Å²) >= 11 is 5.75. The lowest BCUT2D eigenvalue weighted by Crippen LogP contribution is -2.42. The van der Waals surface area contributed by atoms with Gasteiger partial charge < -0.3 is 15.7 Å². The fourth-order valence-corrected chi connectivity index (χ4v) is 1.52. The van der Waals surface area contributed by atoms with E-state index < -0.39 is 29.8 Å². The average Bonchev–Trinajstić information content (AvgIpc) is 2.32. The Morgan fingerprint density at radius 2 is 2.00 bits per heavy atom. The third-order valence-electron chi connectivity index (χ3n) is 2.70. The lowest BCUT2D eigenvalue weighted by atomic mass is 10.0. The van der Waals surface area contributed by atoms with Gasteiger partial charge in [-0.1, -0.05) is 17.7 Å². The Balaban J connectivity index is 2.68. The molecule has 0 aliphatic carbocycles. The molecular formula is C12H14ClFN2O3. The minimum absolute atomic E-state index is 0.0640. The number of carbonyl (C=O) groups is 2. The second-order valence-electron chi connectivity index (χ2n) is 4.11. The average molecular weight is 289 g/mol. The van der Waals surface area contributed by atoms with Crippen LogP contribution in [0.5, 0.6) is 0 Å². The SMILES string of the molecule is CC(NC(=O)Nc1c(F)cccc1Cl)C(C)C(=O)O. The van der Waals surface area contributed by atoms with Crippen molar-refractivity contribution in [3.63, 3.8) is 0 Å². The van der Waals surface area contributed by atoms with Crippen molar-refractivity contribution in [3.8, 4) is 0 Å². The van der Waals surface area contributed by atoms with Crippen LogP contribution in [0, 0.1) is 11.7 Å². The maximum atomic E-state index is 13.4. The maximum absolute atomic E-state index is 13.4. The van der Waals surface area contributed by atoms with Crippen LogP contribution in [0.4, 0.5) is 14.9 Å². The molecule has 2 atom stereocenters. The predicted octanol–water partition coefficient (Wildman–Crippen LogP) is 2.71. The molecular weight excluding hydrogens is 275 g/mol. The molecule has 0 aromatic heterocycles. The van der Waals surface area contributed by atoms with Crippen LogP contribution >= 0.6 is 11.6 Å². The maximum Gasteiger partial charge on any atom is 0.319 e. The number of rotatable bonds is 4. The number of hydrogen-bond donors (Lipinski definition) is 3. The van der Waals surface area contributed by atoms with Gasteiger partial charge in [0.15, 0.2) is 0 Å². The lowest BCUT2D eigenvalue weighted by Gasteiger charge is -2.18. The van der Waals surface area contributed by atoms with E-state index in [2.05, 4.69) is 10.6 Å². The number of carbonyl (C=O) groups excluding carboxylic acids is 1. The standard InChI is InChI=1S/C12H14ClFN2O3/c1-6(11(17)18)7(2)15-12(19)16-10-8(13)4-3-5-9(10)14/h3-7H,1-2H3,(H,17,18)(H2,15,16,19). The molecule has 104 valence electrons. The molecule has 1 rings (SSSR count). The van der Waals surface area contributed by atoms with E-state index in [0.29, 0.717) is 0 Å². The first-order valence-corrected chi connectivity index (χ1v) is 5.95. The summed E-state index contributed by atoms with van der Waals surface area (Å²) in [6.07, 6.45) is 0. The van der Waals surface area contributed by atoms with Crippen molar-refractivity contribution >= 4 is 29.3 Å². The van der Waals surface area contributed by atoms with E-state index in [4.69, 9.17) is 16.7 Å². The highest BCUT2D eigenvalue weighted by Crippen LogP contribution is 2.24. The van der Waals surface area contributed by atoms with Crippen LogP contribution in [-0.4, -0.2) is 23.1 Å². The first-order chi connectivity index (χ1) is 8.82. The van der Waals surface area contributed by atoms with Gasteiger partial charge in [-0.05, 0) is 26.0 Å². The Bertz CT molecular complexity index is 476. The first kappa shape index (κ1) is 15.2. The highest BCUT2D eigenvalue weighted by Gasteiger charge is 2.21. The van der Waals surface area contributed by atoms with Gasteiger partial charge in [0.1, 0.15) is 5.82 Å². The molecule has 0 fully saturated rings. The Labute approximate surface area is 114 Å². The van der Waals surface area contributed by atoms with Crippen molar-refractivity contribution in [3.05, 3.63) is 29.0 Å². The van der Waals surface area contributed by atoms with E-state index in [9.17, 15) is 14.0 Å². The van der Waals surface area contributed by atoms with Gasteiger partial charge in [-0.25, -0.2) is 9.18 Å². The van der Waals surface area contributed by atoms with Gasteiger partial charge >= 0.3 is 12.0 Å². The molecule has 0 saturated heterocycles. The summed E-state index contributed by atoms with van der Waals surface area (Å²) in [5.41, 5.74) is -0.142. The fraction of sp³-hybridized carbons (Fsp3) is 0.333. The Morgan fingerprint density at radius 1 is 1.37 bits per heavy atom. The molecule has 3 N–H and O–H groups in total. The van der Waals surface area contributed by atoms with Crippen LogP contribution in [0.2, 0.25) is 5.02 Å². The van der Waals surface area contributed by atoms with E-state index in [1.165, 1.54) is 19.1 Å². The van der Waals surface area contributed by atoms with Crippen LogP contribution in [0.3, 0.4) is 0 Å². The van der Waals surface area contributed by atoms with Gasteiger partial charge in [-0.3, -0.25) is 4.79 Å². The van der Waals surface area contributed by atoms with Crippen molar-refractivity contribution in [2.75, 3.05) is 5.32 Å². The van der Waals surface area contributed by atoms with E-state index in [-0.39, 0.29) is 10.7 Å². The number of benzene rings is 1. The molecule has 0 aliphatic heterocycles. The van der Waals surface area contributed by atoms with Crippen molar-refractivity contribution in [1.29, 1.82) is 0 Å². The second kappa shape index (κ2) is 6.38. The lowest BCUT2D eigenvalue weighted by molar-refractivity contribution is -0.141. The topological polar surface area (TPSA) is 78.4 Å². The number of carboxylic acid groups (broad SMARTS) is 1. The number of urea groups is 1. The largest absolute Gasteiger partial charge is 0.481 e. The molecule has 1 aromatic carbocycles. The Hall–Kier alpha value is -1.82. The summed E-state index contributed by atoms with van der Waals surface area (Å²) in [7, 11) is 0. The van der Waals surface area contributed by atoms with E-state index >= 15 is 0 Å². The van der Waals surface area contributed by atoms with Gasteiger partial charge in [0.25, 0.3) is 0 Å². The van der Waals surface area contributed by atoms with E-state index in [1.807, 2.05) is 0 Å². The molecule has 1 aromatic rings. The first-order valence-electron chi connectivity index (χ1n) is 5.57. The second-order valence-corrected chi connectivity index (χ2v) is 4.52. The zero-order valence-electron chi connectivity index (χ0n) is 10.4. The number of anilines is 1. The predicted molar refractivity (Wildman–Crippen MR) is 69.8 cm³/mol. The van der Waals surface area contributed by atoms with Gasteiger partial charge in [0.2, 0.25) is 0 Å². The third-order valence-corrected chi connectivity index (χ3v) is 3.01. The van der Waals surface area contributed by atoms with Crippen molar-refractivity contribution in [1.82, 2.24) is 5.32 Å².